The predicted octanol–water partition coefficient (Wildman–Crippen LogP) is 3.55. The number of carbonyl (C=O) groups excluding carboxylic acids is 2. The molecular weight excluding hydrogens is 386 g/mol. The SMILES string of the molecule is O=C(OCCOc1ccccc1)c1cccc(C(=O)OCCOc2ccccc2)n1. The molecule has 1 heterocycles. The monoisotopic (exact) mass is 407 g/mol. The zero-order chi connectivity index (χ0) is 21.0. The summed E-state index contributed by atoms with van der Waals surface area (Å²) in [7, 11) is 0. The summed E-state index contributed by atoms with van der Waals surface area (Å²) in [6, 6.07) is 22.9. The third kappa shape index (κ3) is 6.63. The molecule has 3 rings (SSSR count). The maximum absolute atomic E-state index is 12.1. The van der Waals surface area contributed by atoms with Gasteiger partial charge in [0.2, 0.25) is 0 Å². The van der Waals surface area contributed by atoms with Crippen LogP contribution in [0.4, 0.5) is 0 Å². The Morgan fingerprint density at radius 1 is 0.567 bits per heavy atom. The minimum absolute atomic E-state index is 0.0182. The fraction of sp³-hybridized carbons (Fsp3) is 0.174. The molecule has 154 valence electrons. The van der Waals surface area contributed by atoms with Crippen molar-refractivity contribution in [1.29, 1.82) is 0 Å². The van der Waals surface area contributed by atoms with Crippen LogP contribution in [0.15, 0.2) is 78.9 Å². The second-order valence-corrected chi connectivity index (χ2v) is 6.00. The van der Waals surface area contributed by atoms with E-state index in [1.54, 1.807) is 6.07 Å². The van der Waals surface area contributed by atoms with Crippen molar-refractivity contribution in [2.45, 2.75) is 0 Å². The van der Waals surface area contributed by atoms with E-state index in [2.05, 4.69) is 4.98 Å². The van der Waals surface area contributed by atoms with Crippen molar-refractivity contribution in [3.05, 3.63) is 90.3 Å². The zero-order valence-corrected chi connectivity index (χ0v) is 16.2. The largest absolute Gasteiger partial charge is 0.490 e. The first-order valence-electron chi connectivity index (χ1n) is 9.39. The van der Waals surface area contributed by atoms with Gasteiger partial charge in [-0.1, -0.05) is 42.5 Å². The van der Waals surface area contributed by atoms with Crippen molar-refractivity contribution in [2.75, 3.05) is 26.4 Å². The van der Waals surface area contributed by atoms with Crippen molar-refractivity contribution < 1.29 is 28.5 Å². The highest BCUT2D eigenvalue weighted by atomic mass is 16.6. The fourth-order valence-corrected chi connectivity index (χ4v) is 2.43. The van der Waals surface area contributed by atoms with Gasteiger partial charge in [-0.15, -0.1) is 0 Å². The molecule has 0 atom stereocenters. The van der Waals surface area contributed by atoms with Crippen LogP contribution in [0.2, 0.25) is 0 Å². The van der Waals surface area contributed by atoms with Gasteiger partial charge in [0.05, 0.1) is 0 Å². The van der Waals surface area contributed by atoms with Gasteiger partial charge < -0.3 is 18.9 Å². The number of benzene rings is 2. The molecule has 7 heteroatoms. The first kappa shape index (κ1) is 20.9. The smallest absolute Gasteiger partial charge is 0.357 e. The molecule has 0 aliphatic heterocycles. The van der Waals surface area contributed by atoms with Crippen LogP contribution in [0.5, 0.6) is 11.5 Å². The standard InChI is InChI=1S/C23H21NO6/c25-22(29-16-14-27-18-8-3-1-4-9-18)20-12-7-13-21(24-20)23(26)30-17-15-28-19-10-5-2-6-11-19/h1-13H,14-17H2. The van der Waals surface area contributed by atoms with Gasteiger partial charge in [-0.05, 0) is 36.4 Å². The summed E-state index contributed by atoms with van der Waals surface area (Å²) in [5.41, 5.74) is 0.0365. The number of rotatable bonds is 10. The van der Waals surface area contributed by atoms with E-state index in [1.807, 2.05) is 60.7 Å². The molecule has 0 saturated heterocycles. The van der Waals surface area contributed by atoms with Gasteiger partial charge in [0.1, 0.15) is 49.3 Å². The lowest BCUT2D eigenvalue weighted by Gasteiger charge is -2.08. The molecule has 0 aliphatic rings. The molecule has 0 spiro atoms. The average molecular weight is 407 g/mol. The summed E-state index contributed by atoms with van der Waals surface area (Å²) >= 11 is 0. The van der Waals surface area contributed by atoms with Gasteiger partial charge in [0.15, 0.2) is 0 Å². The number of aromatic nitrogens is 1. The number of hydrogen-bond acceptors (Lipinski definition) is 7. The van der Waals surface area contributed by atoms with E-state index in [0.717, 1.165) is 0 Å². The van der Waals surface area contributed by atoms with Gasteiger partial charge in [0.25, 0.3) is 0 Å². The maximum Gasteiger partial charge on any atom is 0.357 e. The Balaban J connectivity index is 1.41. The lowest BCUT2D eigenvalue weighted by molar-refractivity contribution is 0.0434. The molecule has 0 unspecified atom stereocenters. The summed E-state index contributed by atoms with van der Waals surface area (Å²) in [4.78, 5) is 28.3. The topological polar surface area (TPSA) is 84.0 Å². The highest BCUT2D eigenvalue weighted by molar-refractivity contribution is 5.91. The van der Waals surface area contributed by atoms with E-state index < -0.39 is 11.9 Å². The zero-order valence-electron chi connectivity index (χ0n) is 16.2. The minimum Gasteiger partial charge on any atom is -0.490 e. The number of carbonyl (C=O) groups is 2. The first-order valence-corrected chi connectivity index (χ1v) is 9.39. The van der Waals surface area contributed by atoms with Crippen LogP contribution in [0.3, 0.4) is 0 Å². The van der Waals surface area contributed by atoms with Crippen LogP contribution < -0.4 is 9.47 Å². The Morgan fingerprint density at radius 3 is 1.43 bits per heavy atom. The average Bonchev–Trinajstić information content (AvgIpc) is 2.81. The Labute approximate surface area is 174 Å². The van der Waals surface area contributed by atoms with Gasteiger partial charge in [-0.25, -0.2) is 14.6 Å². The van der Waals surface area contributed by atoms with E-state index in [9.17, 15) is 9.59 Å². The molecule has 3 aromatic rings. The fourth-order valence-electron chi connectivity index (χ4n) is 2.43. The predicted molar refractivity (Wildman–Crippen MR) is 109 cm³/mol. The third-order valence-corrected chi connectivity index (χ3v) is 3.82. The molecule has 30 heavy (non-hydrogen) atoms. The van der Waals surface area contributed by atoms with Crippen LogP contribution in [-0.4, -0.2) is 43.4 Å². The molecule has 2 aromatic carbocycles. The normalized spacial score (nSPS) is 10.1. The Kier molecular flexibility index (Phi) is 7.79. The van der Waals surface area contributed by atoms with Crippen molar-refractivity contribution in [1.82, 2.24) is 4.98 Å². The summed E-state index contributed by atoms with van der Waals surface area (Å²) in [5.74, 6) is 0.0859. The van der Waals surface area contributed by atoms with E-state index in [-0.39, 0.29) is 37.8 Å². The van der Waals surface area contributed by atoms with Crippen molar-refractivity contribution >= 4 is 11.9 Å². The minimum atomic E-state index is -0.645. The van der Waals surface area contributed by atoms with Crippen LogP contribution in [-0.2, 0) is 9.47 Å². The maximum atomic E-state index is 12.1. The highest BCUT2D eigenvalue weighted by Crippen LogP contribution is 2.09. The van der Waals surface area contributed by atoms with Crippen LogP contribution in [0, 0.1) is 0 Å². The van der Waals surface area contributed by atoms with Gasteiger partial charge >= 0.3 is 11.9 Å². The Morgan fingerprint density at radius 2 is 1.00 bits per heavy atom. The quantitative estimate of drug-likeness (QED) is 0.375. The second kappa shape index (κ2) is 11.2. The summed E-state index contributed by atoms with van der Waals surface area (Å²) < 4.78 is 21.2. The van der Waals surface area contributed by atoms with Gasteiger partial charge in [0, 0.05) is 0 Å². The molecule has 0 bridgehead atoms. The molecule has 1 aromatic heterocycles. The van der Waals surface area contributed by atoms with Crippen molar-refractivity contribution in [3.8, 4) is 11.5 Å². The van der Waals surface area contributed by atoms with Crippen LogP contribution in [0.1, 0.15) is 21.0 Å². The second-order valence-electron chi connectivity index (χ2n) is 6.00. The summed E-state index contributed by atoms with van der Waals surface area (Å²) in [6.45, 7) is 0.527. The molecule has 0 fully saturated rings. The van der Waals surface area contributed by atoms with Crippen molar-refractivity contribution in [2.24, 2.45) is 0 Å². The van der Waals surface area contributed by atoms with Crippen LogP contribution >= 0.6 is 0 Å². The number of esters is 2. The van der Waals surface area contributed by atoms with Gasteiger partial charge in [-0.2, -0.15) is 0 Å². The van der Waals surface area contributed by atoms with Crippen molar-refractivity contribution in [3.63, 3.8) is 0 Å². The number of para-hydroxylation sites is 2. The van der Waals surface area contributed by atoms with Gasteiger partial charge in [-0.3, -0.25) is 0 Å². The summed E-state index contributed by atoms with van der Waals surface area (Å²) in [6.07, 6.45) is 0. The summed E-state index contributed by atoms with van der Waals surface area (Å²) in [5, 5.41) is 0. The number of ether oxygens (including phenoxy) is 4. The molecule has 7 nitrogen and oxygen atoms in total. The first-order chi connectivity index (χ1) is 14.7. The number of nitrogens with zero attached hydrogens (tertiary/aromatic N) is 1. The molecular formula is C23H21NO6. The molecule has 0 aliphatic carbocycles. The Hall–Kier alpha value is -3.87. The van der Waals surface area contributed by atoms with E-state index in [0.29, 0.717) is 11.5 Å². The molecule has 0 radical (unpaired) electrons. The van der Waals surface area contributed by atoms with E-state index in [4.69, 9.17) is 18.9 Å². The Bertz CT molecular complexity index is 871. The van der Waals surface area contributed by atoms with E-state index in [1.165, 1.54) is 12.1 Å². The molecule has 0 amide bonds. The molecule has 0 saturated carbocycles. The number of hydrogen-bond donors (Lipinski definition) is 0. The highest BCUT2D eigenvalue weighted by Gasteiger charge is 2.14. The lowest BCUT2D eigenvalue weighted by atomic mass is 10.3. The van der Waals surface area contributed by atoms with E-state index >= 15 is 0 Å². The molecule has 0 N–H and O–H groups in total. The third-order valence-electron chi connectivity index (χ3n) is 3.82. The number of pyridine rings is 1. The van der Waals surface area contributed by atoms with Crippen LogP contribution in [0.25, 0.3) is 0 Å². The lowest BCUT2D eigenvalue weighted by Crippen LogP contribution is -2.17.